The molecule has 0 unspecified atom stereocenters. The van der Waals surface area contributed by atoms with Crippen molar-refractivity contribution < 1.29 is 4.92 Å². The first-order valence-electron chi connectivity index (χ1n) is 4.44. The lowest BCUT2D eigenvalue weighted by atomic mass is 9.97. The van der Waals surface area contributed by atoms with Gasteiger partial charge in [0, 0.05) is 16.6 Å². The summed E-state index contributed by atoms with van der Waals surface area (Å²) in [5.41, 5.74) is 0.293. The first-order chi connectivity index (χ1) is 7.07. The monoisotopic (exact) mass is 266 g/mol. The molecule has 15 heavy (non-hydrogen) atoms. The summed E-state index contributed by atoms with van der Waals surface area (Å²) in [4.78, 5) is 10.2. The number of rotatable bonds is 2. The first kappa shape index (κ1) is 10.1. The molecule has 0 aliphatic heterocycles. The third-order valence-corrected chi connectivity index (χ3v) is 3.07. The number of nitro groups is 1. The van der Waals surface area contributed by atoms with Crippen molar-refractivity contribution in [2.75, 3.05) is 0 Å². The molecule has 1 aliphatic rings. The second-order valence-electron chi connectivity index (χ2n) is 3.65. The maximum atomic E-state index is 10.6. The maximum Gasteiger partial charge on any atom is 0.270 e. The zero-order valence-corrected chi connectivity index (χ0v) is 9.32. The van der Waals surface area contributed by atoms with Gasteiger partial charge in [-0.2, -0.15) is 5.26 Å². The lowest BCUT2D eigenvalue weighted by Gasteiger charge is -2.06. The molecule has 1 aromatic rings. The van der Waals surface area contributed by atoms with E-state index in [9.17, 15) is 10.1 Å². The van der Waals surface area contributed by atoms with Crippen LogP contribution in [0.4, 0.5) is 5.69 Å². The molecule has 1 saturated carbocycles. The molecular formula is C10H7BrN2O2. The van der Waals surface area contributed by atoms with Gasteiger partial charge in [0.05, 0.1) is 16.4 Å². The minimum Gasteiger partial charge on any atom is -0.258 e. The minimum absolute atomic E-state index is 0.0286. The molecule has 1 fully saturated rings. The van der Waals surface area contributed by atoms with E-state index in [0.29, 0.717) is 4.47 Å². The highest BCUT2D eigenvalue weighted by atomic mass is 79.9. The SMILES string of the molecule is N#CC1(c2cc(Br)cc([N+](=O)[O-])c2)CC1. The number of non-ortho nitro benzene ring substituents is 1. The summed E-state index contributed by atoms with van der Waals surface area (Å²) in [6.45, 7) is 0. The lowest BCUT2D eigenvalue weighted by Crippen LogP contribution is -2.03. The van der Waals surface area contributed by atoms with E-state index in [-0.39, 0.29) is 5.69 Å². The molecule has 0 N–H and O–H groups in total. The van der Waals surface area contributed by atoms with Gasteiger partial charge in [-0.3, -0.25) is 10.1 Å². The van der Waals surface area contributed by atoms with Gasteiger partial charge in [-0.25, -0.2) is 0 Å². The van der Waals surface area contributed by atoms with Gasteiger partial charge in [0.15, 0.2) is 0 Å². The zero-order valence-electron chi connectivity index (χ0n) is 7.74. The van der Waals surface area contributed by atoms with Gasteiger partial charge in [0.25, 0.3) is 5.69 Å². The number of benzene rings is 1. The van der Waals surface area contributed by atoms with Crippen molar-refractivity contribution in [3.05, 3.63) is 38.3 Å². The molecule has 0 amide bonds. The van der Waals surface area contributed by atoms with Crippen LogP contribution in [-0.4, -0.2) is 4.92 Å². The molecular weight excluding hydrogens is 260 g/mol. The van der Waals surface area contributed by atoms with E-state index in [1.165, 1.54) is 12.1 Å². The van der Waals surface area contributed by atoms with E-state index >= 15 is 0 Å². The summed E-state index contributed by atoms with van der Waals surface area (Å²) < 4.78 is 0.647. The largest absolute Gasteiger partial charge is 0.270 e. The molecule has 0 heterocycles. The molecule has 0 spiro atoms. The predicted octanol–water partition coefficient (Wildman–Crippen LogP) is 2.91. The molecule has 76 valence electrons. The van der Waals surface area contributed by atoms with Gasteiger partial charge in [0.1, 0.15) is 0 Å². The van der Waals surface area contributed by atoms with Crippen LogP contribution in [0.2, 0.25) is 0 Å². The van der Waals surface area contributed by atoms with Gasteiger partial charge < -0.3 is 0 Å². The van der Waals surface area contributed by atoms with Crippen LogP contribution in [0.5, 0.6) is 0 Å². The van der Waals surface area contributed by atoms with Crippen molar-refractivity contribution in [3.63, 3.8) is 0 Å². The fraction of sp³-hybridized carbons (Fsp3) is 0.300. The number of hydrogen-bond acceptors (Lipinski definition) is 3. The second kappa shape index (κ2) is 3.31. The van der Waals surface area contributed by atoms with E-state index in [1.807, 2.05) is 0 Å². The third-order valence-electron chi connectivity index (χ3n) is 2.61. The third kappa shape index (κ3) is 1.73. The number of nitriles is 1. The van der Waals surface area contributed by atoms with Gasteiger partial charge in [-0.1, -0.05) is 15.9 Å². The Bertz CT molecular complexity index is 475. The summed E-state index contributed by atoms with van der Waals surface area (Å²) in [5, 5.41) is 19.6. The Morgan fingerprint density at radius 2 is 2.13 bits per heavy atom. The Labute approximate surface area is 94.8 Å². The quantitative estimate of drug-likeness (QED) is 0.611. The van der Waals surface area contributed by atoms with Crippen molar-refractivity contribution in [3.8, 4) is 6.07 Å². The van der Waals surface area contributed by atoms with Gasteiger partial charge in [-0.05, 0) is 24.5 Å². The highest BCUT2D eigenvalue weighted by Gasteiger charge is 2.45. The molecule has 0 aromatic heterocycles. The van der Waals surface area contributed by atoms with Gasteiger partial charge in [0.2, 0.25) is 0 Å². The van der Waals surface area contributed by atoms with Crippen LogP contribution in [0.3, 0.4) is 0 Å². The van der Waals surface area contributed by atoms with E-state index < -0.39 is 10.3 Å². The van der Waals surface area contributed by atoms with E-state index in [2.05, 4.69) is 22.0 Å². The van der Waals surface area contributed by atoms with Crippen molar-refractivity contribution in [1.29, 1.82) is 5.26 Å². The summed E-state index contributed by atoms with van der Waals surface area (Å²) >= 11 is 3.22. The van der Waals surface area contributed by atoms with Gasteiger partial charge in [-0.15, -0.1) is 0 Å². The molecule has 4 nitrogen and oxygen atoms in total. The maximum absolute atomic E-state index is 10.6. The standard InChI is InChI=1S/C10H7BrN2O2/c11-8-3-7(10(6-12)1-2-10)4-9(5-8)13(14)15/h3-5H,1-2H2. The van der Waals surface area contributed by atoms with Crippen molar-refractivity contribution in [2.24, 2.45) is 0 Å². The number of nitrogens with zero attached hydrogens (tertiary/aromatic N) is 2. The zero-order chi connectivity index (χ0) is 11.1. The first-order valence-corrected chi connectivity index (χ1v) is 5.23. The van der Waals surface area contributed by atoms with Crippen LogP contribution in [0, 0.1) is 21.4 Å². The normalized spacial score (nSPS) is 16.8. The lowest BCUT2D eigenvalue weighted by molar-refractivity contribution is -0.385. The predicted molar refractivity (Wildman–Crippen MR) is 57.3 cm³/mol. The second-order valence-corrected chi connectivity index (χ2v) is 4.56. The number of hydrogen-bond donors (Lipinski definition) is 0. The summed E-state index contributed by atoms with van der Waals surface area (Å²) in [5.74, 6) is 0. The average molecular weight is 267 g/mol. The molecule has 0 saturated heterocycles. The van der Waals surface area contributed by atoms with E-state index in [4.69, 9.17) is 5.26 Å². The number of nitro benzene ring substituents is 1. The van der Waals surface area contributed by atoms with Gasteiger partial charge >= 0.3 is 0 Å². The molecule has 0 radical (unpaired) electrons. The van der Waals surface area contributed by atoms with Crippen LogP contribution >= 0.6 is 15.9 Å². The topological polar surface area (TPSA) is 66.9 Å². The number of halogens is 1. The highest BCUT2D eigenvalue weighted by Crippen LogP contribution is 2.48. The molecule has 2 rings (SSSR count). The Morgan fingerprint density at radius 3 is 2.60 bits per heavy atom. The van der Waals surface area contributed by atoms with Crippen molar-refractivity contribution in [1.82, 2.24) is 0 Å². The summed E-state index contributed by atoms with van der Waals surface area (Å²) in [6.07, 6.45) is 1.58. The Balaban J connectivity index is 2.50. The van der Waals surface area contributed by atoms with Crippen LogP contribution < -0.4 is 0 Å². The van der Waals surface area contributed by atoms with E-state index in [0.717, 1.165) is 18.4 Å². The summed E-state index contributed by atoms with van der Waals surface area (Å²) in [7, 11) is 0. The summed E-state index contributed by atoms with van der Waals surface area (Å²) in [6, 6.07) is 6.93. The smallest absolute Gasteiger partial charge is 0.258 e. The molecule has 1 aromatic carbocycles. The minimum atomic E-state index is -0.478. The Hall–Kier alpha value is -1.41. The molecule has 0 bridgehead atoms. The van der Waals surface area contributed by atoms with E-state index in [1.54, 1.807) is 6.07 Å². The van der Waals surface area contributed by atoms with Crippen LogP contribution in [0.1, 0.15) is 18.4 Å². The van der Waals surface area contributed by atoms with Crippen LogP contribution in [0.15, 0.2) is 22.7 Å². The fourth-order valence-corrected chi connectivity index (χ4v) is 2.03. The Morgan fingerprint density at radius 1 is 1.47 bits per heavy atom. The average Bonchev–Trinajstić information content (AvgIpc) is 2.97. The molecule has 5 heteroatoms. The Kier molecular flexibility index (Phi) is 2.24. The van der Waals surface area contributed by atoms with Crippen LogP contribution in [0.25, 0.3) is 0 Å². The van der Waals surface area contributed by atoms with Crippen molar-refractivity contribution >= 4 is 21.6 Å². The fourth-order valence-electron chi connectivity index (χ4n) is 1.55. The highest BCUT2D eigenvalue weighted by molar-refractivity contribution is 9.10. The molecule has 0 atom stereocenters. The molecule has 1 aliphatic carbocycles. The van der Waals surface area contributed by atoms with Crippen molar-refractivity contribution in [2.45, 2.75) is 18.3 Å². The van der Waals surface area contributed by atoms with Crippen LogP contribution in [-0.2, 0) is 5.41 Å².